The third kappa shape index (κ3) is 4.01. The van der Waals surface area contributed by atoms with Crippen LogP contribution >= 0.6 is 27.3 Å². The number of sulfonamides is 1. The zero-order chi connectivity index (χ0) is 14.8. The first kappa shape index (κ1) is 16.6. The van der Waals surface area contributed by atoms with Gasteiger partial charge < -0.3 is 4.74 Å². The van der Waals surface area contributed by atoms with E-state index in [1.54, 1.807) is 20.8 Å². The van der Waals surface area contributed by atoms with Gasteiger partial charge in [-0.1, -0.05) is 13.8 Å². The Kier molecular flexibility index (Phi) is 5.54. The van der Waals surface area contributed by atoms with E-state index >= 15 is 0 Å². The molecule has 1 atom stereocenters. The molecule has 0 bridgehead atoms. The van der Waals surface area contributed by atoms with Crippen molar-refractivity contribution < 1.29 is 17.9 Å². The van der Waals surface area contributed by atoms with Gasteiger partial charge in [-0.3, -0.25) is 4.79 Å². The van der Waals surface area contributed by atoms with Gasteiger partial charge in [-0.15, -0.1) is 11.3 Å². The van der Waals surface area contributed by atoms with Crippen molar-refractivity contribution in [3.05, 3.63) is 14.7 Å². The highest BCUT2D eigenvalue weighted by molar-refractivity contribution is 9.11. The largest absolute Gasteiger partial charge is 0.468 e. The number of rotatable bonds is 5. The summed E-state index contributed by atoms with van der Waals surface area (Å²) in [4.78, 5) is 12.4. The van der Waals surface area contributed by atoms with Gasteiger partial charge in [0.2, 0.25) is 10.0 Å². The topological polar surface area (TPSA) is 72.5 Å². The Bertz CT molecular complexity index is 565. The van der Waals surface area contributed by atoms with E-state index in [-0.39, 0.29) is 10.8 Å². The summed E-state index contributed by atoms with van der Waals surface area (Å²) in [5, 5.41) is 0. The van der Waals surface area contributed by atoms with E-state index in [0.717, 1.165) is 3.79 Å². The van der Waals surface area contributed by atoms with Crippen LogP contribution in [-0.4, -0.2) is 27.5 Å². The molecule has 1 N–H and O–H groups in total. The molecule has 1 heterocycles. The maximum absolute atomic E-state index is 12.3. The summed E-state index contributed by atoms with van der Waals surface area (Å²) < 4.78 is 32.3. The van der Waals surface area contributed by atoms with E-state index in [9.17, 15) is 13.2 Å². The van der Waals surface area contributed by atoms with Crippen molar-refractivity contribution in [2.24, 2.45) is 5.92 Å². The molecule has 0 unspecified atom stereocenters. The first-order valence-electron chi connectivity index (χ1n) is 5.55. The lowest BCUT2D eigenvalue weighted by Gasteiger charge is -2.19. The third-order valence-corrected chi connectivity index (χ3v) is 5.79. The number of hydrogen-bond donors (Lipinski definition) is 1. The Morgan fingerprint density at radius 2 is 2.05 bits per heavy atom. The average molecular weight is 370 g/mol. The number of aryl methyl sites for hydroxylation is 1. The minimum atomic E-state index is -3.74. The van der Waals surface area contributed by atoms with Crippen LogP contribution in [0.1, 0.15) is 18.7 Å². The Morgan fingerprint density at radius 1 is 1.47 bits per heavy atom. The van der Waals surface area contributed by atoms with E-state index in [1.807, 2.05) is 0 Å². The maximum atomic E-state index is 12.3. The molecule has 0 saturated carbocycles. The number of methoxy groups -OCH3 is 1. The van der Waals surface area contributed by atoms with E-state index in [4.69, 9.17) is 0 Å². The lowest BCUT2D eigenvalue weighted by atomic mass is 10.1. The van der Waals surface area contributed by atoms with E-state index in [0.29, 0.717) is 4.88 Å². The summed E-state index contributed by atoms with van der Waals surface area (Å²) in [6, 6.07) is 0.630. The van der Waals surface area contributed by atoms with Gasteiger partial charge in [-0.25, -0.2) is 8.42 Å². The van der Waals surface area contributed by atoms with Crippen molar-refractivity contribution in [2.45, 2.75) is 31.7 Å². The van der Waals surface area contributed by atoms with Crippen LogP contribution in [0.25, 0.3) is 0 Å². The second-order valence-corrected chi connectivity index (χ2v) is 8.66. The van der Waals surface area contributed by atoms with Crippen LogP contribution in [0.4, 0.5) is 0 Å². The number of ether oxygens (including phenoxy) is 1. The Labute approximate surface area is 125 Å². The zero-order valence-corrected chi connectivity index (χ0v) is 14.3. The smallest absolute Gasteiger partial charge is 0.324 e. The van der Waals surface area contributed by atoms with Crippen molar-refractivity contribution in [2.75, 3.05) is 7.11 Å². The minimum absolute atomic E-state index is 0.180. The molecule has 5 nitrogen and oxygen atoms in total. The van der Waals surface area contributed by atoms with Gasteiger partial charge in [0, 0.05) is 4.88 Å². The molecular formula is C11H16BrNO4S2. The molecule has 0 fully saturated rings. The van der Waals surface area contributed by atoms with Gasteiger partial charge in [-0.2, -0.15) is 4.72 Å². The van der Waals surface area contributed by atoms with Crippen LogP contribution in [0, 0.1) is 12.8 Å². The summed E-state index contributed by atoms with van der Waals surface area (Å²) >= 11 is 4.57. The average Bonchev–Trinajstić information content (AvgIpc) is 2.65. The Hall–Kier alpha value is -0.440. The molecule has 0 aliphatic heterocycles. The van der Waals surface area contributed by atoms with Gasteiger partial charge >= 0.3 is 5.97 Å². The number of halogens is 1. The molecule has 19 heavy (non-hydrogen) atoms. The lowest BCUT2D eigenvalue weighted by molar-refractivity contribution is -0.143. The first-order valence-corrected chi connectivity index (χ1v) is 8.64. The number of hydrogen-bond acceptors (Lipinski definition) is 5. The maximum Gasteiger partial charge on any atom is 0.324 e. The molecule has 0 aliphatic carbocycles. The summed E-state index contributed by atoms with van der Waals surface area (Å²) in [7, 11) is -2.51. The monoisotopic (exact) mass is 369 g/mol. The molecule has 0 spiro atoms. The quantitative estimate of drug-likeness (QED) is 0.808. The number of carbonyl (C=O) groups is 1. The van der Waals surface area contributed by atoms with Crippen LogP contribution in [0.5, 0.6) is 0 Å². The fourth-order valence-electron chi connectivity index (χ4n) is 1.51. The second-order valence-electron chi connectivity index (χ2n) is 4.34. The van der Waals surface area contributed by atoms with Crippen molar-refractivity contribution in [3.8, 4) is 0 Å². The van der Waals surface area contributed by atoms with Gasteiger partial charge in [0.25, 0.3) is 0 Å². The molecule has 1 rings (SSSR count). The Morgan fingerprint density at radius 3 is 2.42 bits per heavy atom. The van der Waals surface area contributed by atoms with E-state index in [2.05, 4.69) is 25.4 Å². The lowest BCUT2D eigenvalue weighted by Crippen LogP contribution is -2.44. The number of carbonyl (C=O) groups excluding carboxylic acids is 1. The number of nitrogens with one attached hydrogen (secondary N) is 1. The molecule has 1 aromatic rings. The third-order valence-electron chi connectivity index (χ3n) is 2.54. The van der Waals surface area contributed by atoms with Gasteiger partial charge in [-0.05, 0) is 34.8 Å². The van der Waals surface area contributed by atoms with Crippen molar-refractivity contribution in [1.82, 2.24) is 4.72 Å². The summed E-state index contributed by atoms with van der Waals surface area (Å²) in [6.45, 7) is 5.22. The van der Waals surface area contributed by atoms with E-state index < -0.39 is 22.0 Å². The fraction of sp³-hybridized carbons (Fsp3) is 0.545. The molecule has 1 aromatic heterocycles. The highest BCUT2D eigenvalue weighted by Crippen LogP contribution is 2.29. The van der Waals surface area contributed by atoms with Crippen LogP contribution in [0.2, 0.25) is 0 Å². The zero-order valence-electron chi connectivity index (χ0n) is 11.1. The molecule has 0 aliphatic rings. The summed E-state index contributed by atoms with van der Waals surface area (Å²) in [5.74, 6) is -0.796. The standard InChI is InChI=1S/C11H16BrNO4S2/c1-6(2)10(11(14)17-4)13-19(15,16)8-5-9(12)18-7(8)3/h5-6,10,13H,1-4H3/t10-/m0/s1. The van der Waals surface area contributed by atoms with Crippen LogP contribution in [0.15, 0.2) is 14.7 Å². The molecule has 0 radical (unpaired) electrons. The predicted octanol–water partition coefficient (Wildman–Crippen LogP) is 2.29. The van der Waals surface area contributed by atoms with Gasteiger partial charge in [0.15, 0.2) is 0 Å². The first-order chi connectivity index (χ1) is 8.69. The highest BCUT2D eigenvalue weighted by atomic mass is 79.9. The van der Waals surface area contributed by atoms with Gasteiger partial charge in [0.1, 0.15) is 6.04 Å². The van der Waals surface area contributed by atoms with Crippen molar-refractivity contribution >= 4 is 43.3 Å². The van der Waals surface area contributed by atoms with Crippen LogP contribution in [-0.2, 0) is 19.6 Å². The van der Waals surface area contributed by atoms with Crippen LogP contribution in [0.3, 0.4) is 0 Å². The van der Waals surface area contributed by atoms with E-state index in [1.165, 1.54) is 24.5 Å². The molecule has 0 amide bonds. The molecule has 0 saturated heterocycles. The number of esters is 1. The highest BCUT2D eigenvalue weighted by Gasteiger charge is 2.30. The summed E-state index contributed by atoms with van der Waals surface area (Å²) in [5.41, 5.74) is 0. The SMILES string of the molecule is COC(=O)[C@@H](NS(=O)(=O)c1cc(Br)sc1C)C(C)C. The second kappa shape index (κ2) is 6.34. The Balaban J connectivity index is 3.08. The summed E-state index contributed by atoms with van der Waals surface area (Å²) in [6.07, 6.45) is 0. The fourth-order valence-corrected chi connectivity index (χ4v) is 5.26. The molecule has 0 aromatic carbocycles. The number of thiophene rings is 1. The van der Waals surface area contributed by atoms with Crippen molar-refractivity contribution in [1.29, 1.82) is 0 Å². The molecule has 8 heteroatoms. The van der Waals surface area contributed by atoms with Crippen LogP contribution < -0.4 is 4.72 Å². The van der Waals surface area contributed by atoms with Crippen molar-refractivity contribution in [3.63, 3.8) is 0 Å². The molecular weight excluding hydrogens is 354 g/mol. The predicted molar refractivity (Wildman–Crippen MR) is 77.7 cm³/mol. The van der Waals surface area contributed by atoms with Gasteiger partial charge in [0.05, 0.1) is 15.8 Å². The normalized spacial score (nSPS) is 13.6. The minimum Gasteiger partial charge on any atom is -0.468 e. The molecule has 108 valence electrons.